The van der Waals surface area contributed by atoms with E-state index in [-0.39, 0.29) is 17.9 Å². The summed E-state index contributed by atoms with van der Waals surface area (Å²) in [5.74, 6) is -1.25. The molecule has 2 N–H and O–H groups in total. The Morgan fingerprint density at radius 3 is 2.67 bits per heavy atom. The Bertz CT molecular complexity index is 494. The van der Waals surface area contributed by atoms with E-state index in [9.17, 15) is 13.6 Å². The van der Waals surface area contributed by atoms with Crippen molar-refractivity contribution in [2.24, 2.45) is 5.41 Å². The van der Waals surface area contributed by atoms with Crippen molar-refractivity contribution in [2.75, 3.05) is 13.1 Å². The molecule has 5 heteroatoms. The number of carbonyl (C=O) groups excluding carboxylic acids is 1. The van der Waals surface area contributed by atoms with E-state index in [0.717, 1.165) is 44.8 Å². The molecule has 1 aliphatic heterocycles. The van der Waals surface area contributed by atoms with Gasteiger partial charge < -0.3 is 10.6 Å². The number of amides is 1. The highest BCUT2D eigenvalue weighted by molar-refractivity contribution is 5.82. The molecular weight excluding hydrogens is 274 g/mol. The molecule has 1 fully saturated rings. The number of carbonyl (C=O) groups is 1. The largest absolute Gasteiger partial charge is 0.351 e. The first-order valence-corrected chi connectivity index (χ1v) is 7.50. The molecular formula is C16H22F2N2O. The van der Waals surface area contributed by atoms with E-state index >= 15 is 0 Å². The van der Waals surface area contributed by atoms with E-state index < -0.39 is 11.6 Å². The molecule has 0 spiro atoms. The van der Waals surface area contributed by atoms with Crippen molar-refractivity contribution in [1.29, 1.82) is 0 Å². The lowest BCUT2D eigenvalue weighted by atomic mass is 9.74. The molecule has 0 aromatic heterocycles. The smallest absolute Gasteiger partial charge is 0.226 e. The number of nitrogens with one attached hydrogen (secondary N) is 2. The van der Waals surface area contributed by atoms with E-state index in [1.807, 2.05) is 0 Å². The van der Waals surface area contributed by atoms with Crippen LogP contribution < -0.4 is 10.6 Å². The summed E-state index contributed by atoms with van der Waals surface area (Å²) in [7, 11) is 0. The Labute approximate surface area is 124 Å². The minimum atomic E-state index is -0.620. The summed E-state index contributed by atoms with van der Waals surface area (Å²) in [6, 6.07) is 3.42. The minimum Gasteiger partial charge on any atom is -0.351 e. The van der Waals surface area contributed by atoms with Gasteiger partial charge in [-0.25, -0.2) is 8.78 Å². The Morgan fingerprint density at radius 1 is 1.33 bits per heavy atom. The fourth-order valence-corrected chi connectivity index (χ4v) is 3.00. The van der Waals surface area contributed by atoms with Gasteiger partial charge in [-0.1, -0.05) is 19.4 Å². The van der Waals surface area contributed by atoms with Crippen molar-refractivity contribution in [3.63, 3.8) is 0 Å². The Morgan fingerprint density at radius 2 is 2.05 bits per heavy atom. The van der Waals surface area contributed by atoms with Crippen LogP contribution in [0.5, 0.6) is 0 Å². The number of rotatable bonds is 5. The summed E-state index contributed by atoms with van der Waals surface area (Å²) >= 11 is 0. The van der Waals surface area contributed by atoms with Gasteiger partial charge in [-0.3, -0.25) is 4.79 Å². The van der Waals surface area contributed by atoms with Crippen molar-refractivity contribution in [3.05, 3.63) is 35.4 Å². The van der Waals surface area contributed by atoms with Gasteiger partial charge in [-0.15, -0.1) is 0 Å². The fraction of sp³-hybridized carbons (Fsp3) is 0.562. The van der Waals surface area contributed by atoms with Crippen molar-refractivity contribution >= 4 is 5.91 Å². The van der Waals surface area contributed by atoms with Crippen LogP contribution >= 0.6 is 0 Å². The Kier molecular flexibility index (Phi) is 5.28. The maximum Gasteiger partial charge on any atom is 0.226 e. The fourth-order valence-electron chi connectivity index (χ4n) is 3.00. The number of piperidine rings is 1. The van der Waals surface area contributed by atoms with E-state index in [4.69, 9.17) is 0 Å². The maximum absolute atomic E-state index is 13.6. The van der Waals surface area contributed by atoms with E-state index in [0.29, 0.717) is 5.56 Å². The van der Waals surface area contributed by atoms with Crippen molar-refractivity contribution in [3.8, 4) is 0 Å². The SMILES string of the molecule is CCCC1(C(=O)NCc2ccc(F)cc2F)CCNCC1. The Hall–Kier alpha value is -1.49. The van der Waals surface area contributed by atoms with Gasteiger partial charge in [0, 0.05) is 18.2 Å². The zero-order valence-electron chi connectivity index (χ0n) is 12.3. The van der Waals surface area contributed by atoms with Crippen LogP contribution in [0.15, 0.2) is 18.2 Å². The van der Waals surface area contributed by atoms with Crippen molar-refractivity contribution in [1.82, 2.24) is 10.6 Å². The molecule has 0 atom stereocenters. The van der Waals surface area contributed by atoms with Gasteiger partial charge in [0.05, 0.1) is 5.41 Å². The molecule has 0 aliphatic carbocycles. The molecule has 0 unspecified atom stereocenters. The van der Waals surface area contributed by atoms with Gasteiger partial charge in [-0.05, 0) is 38.4 Å². The van der Waals surface area contributed by atoms with Crippen LogP contribution in [0.4, 0.5) is 8.78 Å². The van der Waals surface area contributed by atoms with Gasteiger partial charge in [0.25, 0.3) is 0 Å². The molecule has 1 aromatic carbocycles. The topological polar surface area (TPSA) is 41.1 Å². The van der Waals surface area contributed by atoms with E-state index in [2.05, 4.69) is 17.6 Å². The lowest BCUT2D eigenvalue weighted by Crippen LogP contribution is -2.47. The highest BCUT2D eigenvalue weighted by Crippen LogP contribution is 2.34. The average Bonchev–Trinajstić information content (AvgIpc) is 2.47. The first-order valence-electron chi connectivity index (χ1n) is 7.50. The zero-order chi connectivity index (χ0) is 15.3. The second kappa shape index (κ2) is 6.98. The first-order chi connectivity index (χ1) is 10.1. The number of hydrogen-bond donors (Lipinski definition) is 2. The molecule has 1 saturated heterocycles. The zero-order valence-corrected chi connectivity index (χ0v) is 12.3. The van der Waals surface area contributed by atoms with Crippen LogP contribution in [0.25, 0.3) is 0 Å². The van der Waals surface area contributed by atoms with Crippen LogP contribution in [0.1, 0.15) is 38.2 Å². The maximum atomic E-state index is 13.6. The summed E-state index contributed by atoms with van der Waals surface area (Å²) in [5, 5.41) is 6.09. The molecule has 3 nitrogen and oxygen atoms in total. The highest BCUT2D eigenvalue weighted by atomic mass is 19.1. The third-order valence-electron chi connectivity index (χ3n) is 4.23. The lowest BCUT2D eigenvalue weighted by Gasteiger charge is -2.36. The van der Waals surface area contributed by atoms with Gasteiger partial charge in [-0.2, -0.15) is 0 Å². The van der Waals surface area contributed by atoms with Crippen molar-refractivity contribution < 1.29 is 13.6 Å². The minimum absolute atomic E-state index is 0.0189. The van der Waals surface area contributed by atoms with Crippen LogP contribution in [0.2, 0.25) is 0 Å². The van der Waals surface area contributed by atoms with Gasteiger partial charge in [0.1, 0.15) is 11.6 Å². The highest BCUT2D eigenvalue weighted by Gasteiger charge is 2.38. The molecule has 0 saturated carbocycles. The normalized spacial score (nSPS) is 17.5. The Balaban J connectivity index is 2.01. The predicted molar refractivity (Wildman–Crippen MR) is 77.6 cm³/mol. The standard InChI is InChI=1S/C16H22F2N2O/c1-2-5-16(6-8-19-9-7-16)15(21)20-11-12-3-4-13(17)10-14(12)18/h3-4,10,19H,2,5-9,11H2,1H3,(H,20,21). The van der Waals surface area contributed by atoms with Crippen LogP contribution in [-0.2, 0) is 11.3 Å². The monoisotopic (exact) mass is 296 g/mol. The van der Waals surface area contributed by atoms with Crippen LogP contribution in [-0.4, -0.2) is 19.0 Å². The average molecular weight is 296 g/mol. The summed E-state index contributed by atoms with van der Waals surface area (Å²) < 4.78 is 26.4. The molecule has 0 radical (unpaired) electrons. The third-order valence-corrected chi connectivity index (χ3v) is 4.23. The second-order valence-corrected chi connectivity index (χ2v) is 5.70. The molecule has 2 rings (SSSR count). The number of halogens is 2. The van der Waals surface area contributed by atoms with Crippen molar-refractivity contribution in [2.45, 2.75) is 39.2 Å². The summed E-state index contributed by atoms with van der Waals surface area (Å²) in [6.45, 7) is 3.83. The van der Waals surface area contributed by atoms with Crippen LogP contribution in [0, 0.1) is 17.0 Å². The molecule has 1 heterocycles. The number of benzene rings is 1. The summed E-state index contributed by atoms with van der Waals surface area (Å²) in [6.07, 6.45) is 3.39. The summed E-state index contributed by atoms with van der Waals surface area (Å²) in [5.41, 5.74) is -0.0402. The summed E-state index contributed by atoms with van der Waals surface area (Å²) in [4.78, 5) is 12.5. The van der Waals surface area contributed by atoms with E-state index in [1.54, 1.807) is 0 Å². The van der Waals surface area contributed by atoms with Gasteiger partial charge >= 0.3 is 0 Å². The quantitative estimate of drug-likeness (QED) is 0.877. The number of hydrogen-bond acceptors (Lipinski definition) is 2. The lowest BCUT2D eigenvalue weighted by molar-refractivity contribution is -0.133. The first kappa shape index (κ1) is 15.9. The predicted octanol–water partition coefficient (Wildman–Crippen LogP) is 2.75. The molecule has 1 amide bonds. The van der Waals surface area contributed by atoms with E-state index in [1.165, 1.54) is 12.1 Å². The molecule has 0 bridgehead atoms. The third kappa shape index (κ3) is 3.79. The second-order valence-electron chi connectivity index (χ2n) is 5.70. The van der Waals surface area contributed by atoms with Gasteiger partial charge in [0.15, 0.2) is 0 Å². The molecule has 21 heavy (non-hydrogen) atoms. The molecule has 116 valence electrons. The van der Waals surface area contributed by atoms with Crippen LogP contribution in [0.3, 0.4) is 0 Å². The molecule has 1 aliphatic rings. The van der Waals surface area contributed by atoms with Gasteiger partial charge in [0.2, 0.25) is 5.91 Å². The molecule has 1 aromatic rings.